The zero-order chi connectivity index (χ0) is 20.5. The zero-order valence-electron chi connectivity index (χ0n) is 17.1. The molecule has 0 amide bonds. The highest BCUT2D eigenvalue weighted by Crippen LogP contribution is 2.34. The summed E-state index contributed by atoms with van der Waals surface area (Å²) in [5.74, 6) is 1.13. The Labute approximate surface area is 173 Å². The number of nitrogens with one attached hydrogen (secondary N) is 2. The van der Waals surface area contributed by atoms with Crippen LogP contribution in [0.3, 0.4) is 0 Å². The molecule has 6 heteroatoms. The number of aryl methyl sites for hydroxylation is 1. The summed E-state index contributed by atoms with van der Waals surface area (Å²) in [6.45, 7) is 6.87. The summed E-state index contributed by atoms with van der Waals surface area (Å²) in [6, 6.07) is 14.3. The predicted molar refractivity (Wildman–Crippen MR) is 116 cm³/mol. The monoisotopic (exact) mass is 411 g/mol. The topological polar surface area (TPSA) is 70.6 Å². The van der Waals surface area contributed by atoms with Crippen LogP contribution in [-0.4, -0.2) is 34.0 Å². The van der Waals surface area contributed by atoms with Crippen molar-refractivity contribution in [2.75, 3.05) is 19.6 Å². The van der Waals surface area contributed by atoms with Gasteiger partial charge in [0.1, 0.15) is 0 Å². The molecule has 2 aromatic carbocycles. The number of hydrogen-bond acceptors (Lipinski definition) is 5. The van der Waals surface area contributed by atoms with Gasteiger partial charge in [-0.05, 0) is 54.7 Å². The number of hydrogen-bond donors (Lipinski definition) is 2. The second kappa shape index (κ2) is 7.82. The van der Waals surface area contributed by atoms with Crippen LogP contribution in [0.25, 0.3) is 0 Å². The summed E-state index contributed by atoms with van der Waals surface area (Å²) >= 11 is 0. The molecule has 1 aliphatic carbocycles. The van der Waals surface area contributed by atoms with E-state index in [4.69, 9.17) is 0 Å². The molecule has 154 valence electrons. The summed E-state index contributed by atoms with van der Waals surface area (Å²) in [4.78, 5) is 5.34. The molecule has 2 aromatic rings. The summed E-state index contributed by atoms with van der Waals surface area (Å²) < 4.78 is 26.1. The highest BCUT2D eigenvalue weighted by Gasteiger charge is 2.26. The van der Waals surface area contributed by atoms with Gasteiger partial charge in [0.05, 0.1) is 9.79 Å². The largest absolute Gasteiger partial charge is 0.356 e. The first kappa shape index (κ1) is 20.0. The van der Waals surface area contributed by atoms with Crippen molar-refractivity contribution in [2.24, 2.45) is 10.4 Å². The number of benzene rings is 2. The van der Waals surface area contributed by atoms with Gasteiger partial charge >= 0.3 is 0 Å². The van der Waals surface area contributed by atoms with Gasteiger partial charge < -0.3 is 10.6 Å². The Kier molecular flexibility index (Phi) is 5.38. The molecule has 0 saturated heterocycles. The SMILES string of the molecule is CC1(C)CN=C(NCC2CCCc3ccc(S(=O)(=O)c4ccccc4)cc32)NC1. The molecular weight excluding hydrogens is 382 g/mol. The standard InChI is InChI=1S/C23H29N3O2S/c1-23(2)15-25-22(26-16-23)24-14-18-8-6-7-17-11-12-20(13-21(17)18)29(27,28)19-9-4-3-5-10-19/h3-5,9-13,18H,6-8,14-16H2,1-2H3,(H2,24,25,26). The first-order valence-electron chi connectivity index (χ1n) is 10.3. The Morgan fingerprint density at radius 2 is 1.93 bits per heavy atom. The van der Waals surface area contributed by atoms with E-state index in [0.717, 1.165) is 50.4 Å². The average Bonchev–Trinajstić information content (AvgIpc) is 2.73. The number of aliphatic imine (C=N–C) groups is 1. The van der Waals surface area contributed by atoms with Crippen LogP contribution >= 0.6 is 0 Å². The van der Waals surface area contributed by atoms with Gasteiger partial charge in [0.2, 0.25) is 9.84 Å². The van der Waals surface area contributed by atoms with Crippen molar-refractivity contribution in [1.29, 1.82) is 0 Å². The summed E-state index contributed by atoms with van der Waals surface area (Å²) in [7, 11) is -3.50. The van der Waals surface area contributed by atoms with Gasteiger partial charge in [-0.2, -0.15) is 0 Å². The molecule has 1 atom stereocenters. The van der Waals surface area contributed by atoms with Crippen molar-refractivity contribution in [3.63, 3.8) is 0 Å². The Morgan fingerprint density at radius 3 is 2.66 bits per heavy atom. The highest BCUT2D eigenvalue weighted by molar-refractivity contribution is 7.91. The molecule has 0 spiro atoms. The van der Waals surface area contributed by atoms with E-state index in [-0.39, 0.29) is 11.3 Å². The van der Waals surface area contributed by atoms with Crippen LogP contribution in [-0.2, 0) is 16.3 Å². The van der Waals surface area contributed by atoms with Crippen molar-refractivity contribution < 1.29 is 8.42 Å². The molecule has 5 nitrogen and oxygen atoms in total. The Balaban J connectivity index is 1.55. The van der Waals surface area contributed by atoms with Crippen LogP contribution in [0.2, 0.25) is 0 Å². The molecule has 0 aromatic heterocycles. The van der Waals surface area contributed by atoms with Gasteiger partial charge in [0.15, 0.2) is 5.96 Å². The third-order valence-corrected chi connectivity index (χ3v) is 7.60. The Morgan fingerprint density at radius 1 is 1.14 bits per heavy atom. The molecule has 1 aliphatic heterocycles. The third kappa shape index (κ3) is 4.32. The number of guanidine groups is 1. The summed E-state index contributed by atoms with van der Waals surface area (Å²) in [5, 5.41) is 6.82. The molecule has 1 unspecified atom stereocenters. The highest BCUT2D eigenvalue weighted by atomic mass is 32.2. The molecule has 4 rings (SSSR count). The predicted octanol–water partition coefficient (Wildman–Crippen LogP) is 3.51. The fourth-order valence-corrected chi connectivity index (χ4v) is 5.37. The fourth-order valence-electron chi connectivity index (χ4n) is 4.06. The minimum Gasteiger partial charge on any atom is -0.356 e. The lowest BCUT2D eigenvalue weighted by Gasteiger charge is -2.31. The maximum Gasteiger partial charge on any atom is 0.206 e. The summed E-state index contributed by atoms with van der Waals surface area (Å²) in [6.07, 6.45) is 3.18. The van der Waals surface area contributed by atoms with E-state index < -0.39 is 9.84 Å². The lowest BCUT2D eigenvalue weighted by Crippen LogP contribution is -2.48. The fraction of sp³-hybridized carbons (Fsp3) is 0.435. The number of rotatable bonds is 4. The lowest BCUT2D eigenvalue weighted by atomic mass is 9.83. The van der Waals surface area contributed by atoms with Gasteiger partial charge in [-0.25, -0.2) is 8.42 Å². The minimum atomic E-state index is -3.50. The Hall–Kier alpha value is -2.34. The van der Waals surface area contributed by atoms with E-state index in [9.17, 15) is 8.42 Å². The first-order valence-corrected chi connectivity index (χ1v) is 11.8. The van der Waals surface area contributed by atoms with Crippen molar-refractivity contribution >= 4 is 15.8 Å². The van der Waals surface area contributed by atoms with Crippen molar-refractivity contribution in [3.8, 4) is 0 Å². The summed E-state index contributed by atoms with van der Waals surface area (Å²) in [5.41, 5.74) is 2.59. The molecule has 29 heavy (non-hydrogen) atoms. The third-order valence-electron chi connectivity index (χ3n) is 5.84. The van der Waals surface area contributed by atoms with Crippen molar-refractivity contribution in [3.05, 3.63) is 59.7 Å². The Bertz CT molecular complexity index is 1010. The number of nitrogens with zero attached hydrogens (tertiary/aromatic N) is 1. The van der Waals surface area contributed by atoms with E-state index in [2.05, 4.69) is 29.5 Å². The quantitative estimate of drug-likeness (QED) is 0.808. The molecule has 0 saturated carbocycles. The van der Waals surface area contributed by atoms with Gasteiger partial charge in [-0.3, -0.25) is 4.99 Å². The molecular formula is C23H29N3O2S. The average molecular weight is 412 g/mol. The zero-order valence-corrected chi connectivity index (χ0v) is 17.9. The van der Waals surface area contributed by atoms with E-state index in [0.29, 0.717) is 9.79 Å². The molecule has 0 radical (unpaired) electrons. The van der Waals surface area contributed by atoms with Crippen LogP contribution < -0.4 is 10.6 Å². The van der Waals surface area contributed by atoms with Gasteiger partial charge in [-0.1, -0.05) is 38.1 Å². The van der Waals surface area contributed by atoms with Crippen LogP contribution in [0.15, 0.2) is 63.3 Å². The molecule has 2 aliphatic rings. The smallest absolute Gasteiger partial charge is 0.206 e. The van der Waals surface area contributed by atoms with Crippen molar-refractivity contribution in [1.82, 2.24) is 10.6 Å². The maximum absolute atomic E-state index is 13.0. The van der Waals surface area contributed by atoms with Crippen LogP contribution in [0.1, 0.15) is 43.7 Å². The number of fused-ring (bicyclic) bond motifs is 1. The van der Waals surface area contributed by atoms with Gasteiger partial charge in [-0.15, -0.1) is 0 Å². The second-order valence-electron chi connectivity index (χ2n) is 8.83. The van der Waals surface area contributed by atoms with Gasteiger partial charge in [0.25, 0.3) is 0 Å². The molecule has 0 bridgehead atoms. The van der Waals surface area contributed by atoms with E-state index in [1.807, 2.05) is 18.2 Å². The van der Waals surface area contributed by atoms with Crippen LogP contribution in [0, 0.1) is 5.41 Å². The van der Waals surface area contributed by atoms with Gasteiger partial charge in [0, 0.05) is 31.0 Å². The normalized spacial score (nSPS) is 20.9. The number of sulfone groups is 1. The van der Waals surface area contributed by atoms with Crippen LogP contribution in [0.5, 0.6) is 0 Å². The second-order valence-corrected chi connectivity index (χ2v) is 10.8. The van der Waals surface area contributed by atoms with E-state index in [1.54, 1.807) is 30.3 Å². The lowest BCUT2D eigenvalue weighted by molar-refractivity contribution is 0.357. The molecule has 2 N–H and O–H groups in total. The minimum absolute atomic E-state index is 0.184. The maximum atomic E-state index is 13.0. The van der Waals surface area contributed by atoms with E-state index in [1.165, 1.54) is 5.56 Å². The van der Waals surface area contributed by atoms with E-state index >= 15 is 0 Å². The van der Waals surface area contributed by atoms with Crippen LogP contribution in [0.4, 0.5) is 0 Å². The first-order chi connectivity index (χ1) is 13.9. The molecule has 0 fully saturated rings. The van der Waals surface area contributed by atoms with Crippen molar-refractivity contribution in [2.45, 2.75) is 48.8 Å². The molecule has 1 heterocycles.